The van der Waals surface area contributed by atoms with Crippen LogP contribution >= 0.6 is 0 Å². The molecule has 3 nitrogen and oxygen atoms in total. The van der Waals surface area contributed by atoms with Gasteiger partial charge in [0.25, 0.3) is 0 Å². The minimum atomic E-state index is 0.523. The number of benzene rings is 1. The van der Waals surface area contributed by atoms with Gasteiger partial charge in [0.05, 0.1) is 0 Å². The number of nitrogens with two attached hydrogens (primary N) is 1. The van der Waals surface area contributed by atoms with Crippen LogP contribution < -0.4 is 11.1 Å². The highest BCUT2D eigenvalue weighted by atomic mass is 14.9. The van der Waals surface area contributed by atoms with E-state index in [1.807, 2.05) is 24.5 Å². The summed E-state index contributed by atoms with van der Waals surface area (Å²) in [4.78, 5) is 4.14. The van der Waals surface area contributed by atoms with Crippen molar-refractivity contribution < 1.29 is 0 Å². The highest BCUT2D eigenvalue weighted by Crippen LogP contribution is 2.28. The third kappa shape index (κ3) is 2.55. The topological polar surface area (TPSA) is 50.9 Å². The Morgan fingerprint density at radius 3 is 2.78 bits per heavy atom. The zero-order valence-electron chi connectivity index (χ0n) is 11.1. The minimum Gasteiger partial charge on any atom is -0.398 e. The molecule has 0 radical (unpaired) electrons. The van der Waals surface area contributed by atoms with E-state index in [1.54, 1.807) is 0 Å². The SMILES string of the molecule is CCCC(CC)Nc1ccc(N)c2cnccc12. The molecule has 3 N–H and O–H groups in total. The number of aromatic nitrogens is 1. The molecule has 18 heavy (non-hydrogen) atoms. The van der Waals surface area contributed by atoms with Crippen molar-refractivity contribution in [3.8, 4) is 0 Å². The molecule has 0 saturated carbocycles. The van der Waals surface area contributed by atoms with Crippen LogP contribution in [0.1, 0.15) is 33.1 Å². The first-order valence-electron chi connectivity index (χ1n) is 6.65. The second kappa shape index (κ2) is 5.71. The molecule has 1 unspecified atom stereocenters. The van der Waals surface area contributed by atoms with Crippen LogP contribution in [-0.4, -0.2) is 11.0 Å². The average molecular weight is 243 g/mol. The van der Waals surface area contributed by atoms with Crippen LogP contribution in [0, 0.1) is 0 Å². The predicted molar refractivity (Wildman–Crippen MR) is 78.8 cm³/mol. The fourth-order valence-corrected chi connectivity index (χ4v) is 2.28. The largest absolute Gasteiger partial charge is 0.398 e. The Labute approximate surface area is 108 Å². The zero-order chi connectivity index (χ0) is 13.0. The average Bonchev–Trinajstić information content (AvgIpc) is 2.41. The van der Waals surface area contributed by atoms with Crippen molar-refractivity contribution in [3.05, 3.63) is 30.6 Å². The van der Waals surface area contributed by atoms with E-state index in [1.165, 1.54) is 12.8 Å². The van der Waals surface area contributed by atoms with Gasteiger partial charge in [0, 0.05) is 40.6 Å². The van der Waals surface area contributed by atoms with Gasteiger partial charge in [0.1, 0.15) is 0 Å². The van der Waals surface area contributed by atoms with Gasteiger partial charge in [-0.3, -0.25) is 4.98 Å². The van der Waals surface area contributed by atoms with Crippen molar-refractivity contribution in [2.75, 3.05) is 11.1 Å². The molecule has 0 fully saturated rings. The second-order valence-electron chi connectivity index (χ2n) is 4.66. The molecule has 1 atom stereocenters. The molecular formula is C15H21N3. The summed E-state index contributed by atoms with van der Waals surface area (Å²) in [5.41, 5.74) is 7.92. The molecule has 1 aromatic heterocycles. The molecule has 1 heterocycles. The van der Waals surface area contributed by atoms with E-state index in [0.717, 1.165) is 28.6 Å². The fraction of sp³-hybridized carbons (Fsp3) is 0.400. The van der Waals surface area contributed by atoms with E-state index in [0.29, 0.717) is 6.04 Å². The van der Waals surface area contributed by atoms with Gasteiger partial charge in [0.2, 0.25) is 0 Å². The Morgan fingerprint density at radius 2 is 2.06 bits per heavy atom. The standard InChI is InChI=1S/C15H21N3/c1-3-5-11(4-2)18-15-7-6-14(16)13-10-17-9-8-12(13)15/h6-11,18H,3-5,16H2,1-2H3. The van der Waals surface area contributed by atoms with Gasteiger partial charge in [0.15, 0.2) is 0 Å². The number of hydrogen-bond donors (Lipinski definition) is 2. The predicted octanol–water partition coefficient (Wildman–Crippen LogP) is 3.81. The number of pyridine rings is 1. The van der Waals surface area contributed by atoms with E-state index >= 15 is 0 Å². The summed E-state index contributed by atoms with van der Waals surface area (Å²) in [5, 5.41) is 5.79. The maximum absolute atomic E-state index is 5.98. The van der Waals surface area contributed by atoms with Crippen LogP contribution in [-0.2, 0) is 0 Å². The molecule has 0 amide bonds. The molecule has 0 saturated heterocycles. The summed E-state index contributed by atoms with van der Waals surface area (Å²) in [7, 11) is 0. The van der Waals surface area contributed by atoms with Gasteiger partial charge in [-0.15, -0.1) is 0 Å². The number of nitrogens with zero attached hydrogens (tertiary/aromatic N) is 1. The first kappa shape index (κ1) is 12.7. The zero-order valence-corrected chi connectivity index (χ0v) is 11.1. The molecule has 0 aliphatic rings. The van der Waals surface area contributed by atoms with Gasteiger partial charge < -0.3 is 11.1 Å². The Kier molecular flexibility index (Phi) is 4.03. The van der Waals surface area contributed by atoms with Crippen LogP contribution in [0.5, 0.6) is 0 Å². The van der Waals surface area contributed by atoms with Crippen molar-refractivity contribution in [1.82, 2.24) is 4.98 Å². The van der Waals surface area contributed by atoms with Gasteiger partial charge in [-0.05, 0) is 31.0 Å². The number of fused-ring (bicyclic) bond motifs is 1. The highest BCUT2D eigenvalue weighted by molar-refractivity contribution is 6.00. The highest BCUT2D eigenvalue weighted by Gasteiger charge is 2.08. The van der Waals surface area contributed by atoms with Crippen LogP contribution in [0.25, 0.3) is 10.8 Å². The Balaban J connectivity index is 2.36. The lowest BCUT2D eigenvalue weighted by Gasteiger charge is -2.19. The molecular weight excluding hydrogens is 222 g/mol. The smallest absolute Gasteiger partial charge is 0.0424 e. The molecule has 0 spiro atoms. The summed E-state index contributed by atoms with van der Waals surface area (Å²) < 4.78 is 0. The summed E-state index contributed by atoms with van der Waals surface area (Å²) in [5.74, 6) is 0. The normalized spacial score (nSPS) is 12.6. The molecule has 0 aliphatic carbocycles. The number of nitrogen functional groups attached to an aromatic ring is 1. The molecule has 0 bridgehead atoms. The Hall–Kier alpha value is -1.77. The van der Waals surface area contributed by atoms with Gasteiger partial charge in [-0.1, -0.05) is 20.3 Å². The lowest BCUT2D eigenvalue weighted by Crippen LogP contribution is -2.18. The van der Waals surface area contributed by atoms with Crippen molar-refractivity contribution in [3.63, 3.8) is 0 Å². The van der Waals surface area contributed by atoms with E-state index in [4.69, 9.17) is 5.73 Å². The molecule has 96 valence electrons. The minimum absolute atomic E-state index is 0.523. The lowest BCUT2D eigenvalue weighted by atomic mass is 10.1. The number of nitrogens with one attached hydrogen (secondary N) is 1. The Morgan fingerprint density at radius 1 is 1.22 bits per heavy atom. The first-order chi connectivity index (χ1) is 8.76. The van der Waals surface area contributed by atoms with Crippen LogP contribution in [0.15, 0.2) is 30.6 Å². The van der Waals surface area contributed by atoms with Crippen molar-refractivity contribution >= 4 is 22.1 Å². The molecule has 3 heteroatoms. The number of rotatable bonds is 5. The number of hydrogen-bond acceptors (Lipinski definition) is 3. The number of anilines is 2. The van der Waals surface area contributed by atoms with Gasteiger partial charge >= 0.3 is 0 Å². The molecule has 2 rings (SSSR count). The van der Waals surface area contributed by atoms with Crippen molar-refractivity contribution in [2.45, 2.75) is 39.2 Å². The quantitative estimate of drug-likeness (QED) is 0.785. The monoisotopic (exact) mass is 243 g/mol. The molecule has 1 aromatic carbocycles. The third-order valence-electron chi connectivity index (χ3n) is 3.34. The molecule has 2 aromatic rings. The molecule has 0 aliphatic heterocycles. The van der Waals surface area contributed by atoms with E-state index in [9.17, 15) is 0 Å². The van der Waals surface area contributed by atoms with Crippen molar-refractivity contribution in [2.24, 2.45) is 0 Å². The van der Waals surface area contributed by atoms with Crippen molar-refractivity contribution in [1.29, 1.82) is 0 Å². The van der Waals surface area contributed by atoms with Gasteiger partial charge in [-0.2, -0.15) is 0 Å². The van der Waals surface area contributed by atoms with Crippen LogP contribution in [0.3, 0.4) is 0 Å². The summed E-state index contributed by atoms with van der Waals surface area (Å²) in [6, 6.07) is 6.56. The van der Waals surface area contributed by atoms with Crippen LogP contribution in [0.2, 0.25) is 0 Å². The maximum atomic E-state index is 5.98. The fourth-order valence-electron chi connectivity index (χ4n) is 2.28. The maximum Gasteiger partial charge on any atom is 0.0424 e. The van der Waals surface area contributed by atoms with Gasteiger partial charge in [-0.25, -0.2) is 0 Å². The lowest BCUT2D eigenvalue weighted by molar-refractivity contribution is 0.623. The summed E-state index contributed by atoms with van der Waals surface area (Å²) in [6.45, 7) is 4.43. The summed E-state index contributed by atoms with van der Waals surface area (Å²) >= 11 is 0. The second-order valence-corrected chi connectivity index (χ2v) is 4.66. The van der Waals surface area contributed by atoms with E-state index in [2.05, 4.69) is 30.2 Å². The third-order valence-corrected chi connectivity index (χ3v) is 3.34. The first-order valence-corrected chi connectivity index (χ1v) is 6.65. The van der Waals surface area contributed by atoms with E-state index < -0.39 is 0 Å². The summed E-state index contributed by atoms with van der Waals surface area (Å²) in [6.07, 6.45) is 7.16. The van der Waals surface area contributed by atoms with E-state index in [-0.39, 0.29) is 0 Å². The van der Waals surface area contributed by atoms with Crippen LogP contribution in [0.4, 0.5) is 11.4 Å². The Bertz CT molecular complexity index is 522.